The highest BCUT2D eigenvalue weighted by Gasteiger charge is 2.01. The largest absolute Gasteiger partial charge is 0.393 e. The van der Waals surface area contributed by atoms with Crippen molar-refractivity contribution >= 4 is 0 Å². The summed E-state index contributed by atoms with van der Waals surface area (Å²) in [6, 6.07) is 0. The minimum absolute atomic E-state index is 0.219. The zero-order valence-electron chi connectivity index (χ0n) is 6.58. The Morgan fingerprint density at radius 2 is 2.10 bits per heavy atom. The van der Waals surface area contributed by atoms with Crippen LogP contribution in [0.4, 0.5) is 0 Å². The summed E-state index contributed by atoms with van der Waals surface area (Å²) in [6.45, 7) is 3.21. The molecule has 0 saturated carbocycles. The molecule has 0 spiro atoms. The average molecular weight is 145 g/mol. The molecule has 2 N–H and O–H groups in total. The molecule has 0 bridgehead atoms. The molecule has 61 valence electrons. The van der Waals surface area contributed by atoms with Crippen molar-refractivity contribution in [3.05, 3.63) is 6.61 Å². The summed E-state index contributed by atoms with van der Waals surface area (Å²) in [5.41, 5.74) is 0. The van der Waals surface area contributed by atoms with Gasteiger partial charge in [0.1, 0.15) is 0 Å². The lowest BCUT2D eigenvalue weighted by Gasteiger charge is -2.07. The second-order valence-corrected chi connectivity index (χ2v) is 2.56. The Bertz CT molecular complexity index is 56.3. The third kappa shape index (κ3) is 6.05. The van der Waals surface area contributed by atoms with Gasteiger partial charge in [0.05, 0.1) is 12.7 Å². The topological polar surface area (TPSA) is 40.5 Å². The molecular formula is C8H17O2. The van der Waals surface area contributed by atoms with Gasteiger partial charge in [-0.2, -0.15) is 0 Å². The molecule has 0 rings (SSSR count). The molecule has 1 unspecified atom stereocenters. The van der Waals surface area contributed by atoms with Crippen molar-refractivity contribution in [2.24, 2.45) is 0 Å². The standard InChI is InChI=1S/C8H17O2/c1-2-3-5-8(10)6-4-7-9/h7-10H,2-6H2,1H3. The predicted molar refractivity (Wildman–Crippen MR) is 41.0 cm³/mol. The van der Waals surface area contributed by atoms with Crippen molar-refractivity contribution in [3.8, 4) is 0 Å². The van der Waals surface area contributed by atoms with E-state index in [0.717, 1.165) is 25.9 Å². The third-order valence-electron chi connectivity index (χ3n) is 1.52. The fourth-order valence-electron chi connectivity index (χ4n) is 0.851. The minimum atomic E-state index is -0.219. The zero-order chi connectivity index (χ0) is 7.82. The van der Waals surface area contributed by atoms with Gasteiger partial charge < -0.3 is 10.2 Å². The molecule has 0 aromatic carbocycles. The lowest BCUT2D eigenvalue weighted by Crippen LogP contribution is -2.05. The molecule has 0 aliphatic carbocycles. The van der Waals surface area contributed by atoms with Crippen molar-refractivity contribution in [2.45, 2.75) is 45.1 Å². The summed E-state index contributed by atoms with van der Waals surface area (Å²) in [4.78, 5) is 0. The van der Waals surface area contributed by atoms with Crippen molar-refractivity contribution in [2.75, 3.05) is 0 Å². The Morgan fingerprint density at radius 3 is 2.60 bits per heavy atom. The number of rotatable bonds is 6. The highest BCUT2D eigenvalue weighted by Crippen LogP contribution is 2.06. The maximum atomic E-state index is 9.18. The summed E-state index contributed by atoms with van der Waals surface area (Å²) in [5.74, 6) is 0. The molecule has 2 nitrogen and oxygen atoms in total. The lowest BCUT2D eigenvalue weighted by molar-refractivity contribution is 0.146. The van der Waals surface area contributed by atoms with E-state index in [1.807, 2.05) is 0 Å². The third-order valence-corrected chi connectivity index (χ3v) is 1.52. The molecule has 0 aliphatic heterocycles. The SMILES string of the molecule is CCCCC(O)CC[CH]O. The molecule has 1 atom stereocenters. The molecule has 0 heterocycles. The number of hydrogen-bond donors (Lipinski definition) is 2. The van der Waals surface area contributed by atoms with Crippen LogP contribution in [0.3, 0.4) is 0 Å². The van der Waals surface area contributed by atoms with Gasteiger partial charge in [-0.15, -0.1) is 0 Å². The average Bonchev–Trinajstić information content (AvgIpc) is 1.97. The second kappa shape index (κ2) is 7.03. The van der Waals surface area contributed by atoms with Crippen molar-refractivity contribution in [3.63, 3.8) is 0 Å². The van der Waals surface area contributed by atoms with E-state index >= 15 is 0 Å². The Balaban J connectivity index is 3.00. The van der Waals surface area contributed by atoms with Crippen molar-refractivity contribution in [1.82, 2.24) is 0 Å². The van der Waals surface area contributed by atoms with E-state index in [0.29, 0.717) is 12.8 Å². The van der Waals surface area contributed by atoms with Crippen molar-refractivity contribution in [1.29, 1.82) is 0 Å². The van der Waals surface area contributed by atoms with Gasteiger partial charge in [0, 0.05) is 0 Å². The Labute approximate surface area is 62.9 Å². The molecule has 0 aromatic rings. The molecule has 10 heavy (non-hydrogen) atoms. The summed E-state index contributed by atoms with van der Waals surface area (Å²) in [5, 5.41) is 17.5. The number of aliphatic hydroxyl groups is 2. The van der Waals surface area contributed by atoms with Crippen LogP contribution < -0.4 is 0 Å². The Morgan fingerprint density at radius 1 is 1.40 bits per heavy atom. The van der Waals surface area contributed by atoms with Crippen LogP contribution in [0.25, 0.3) is 0 Å². The quantitative estimate of drug-likeness (QED) is 0.598. The van der Waals surface area contributed by atoms with Crippen molar-refractivity contribution < 1.29 is 10.2 Å². The van der Waals surface area contributed by atoms with Gasteiger partial charge in [0.15, 0.2) is 0 Å². The minimum Gasteiger partial charge on any atom is -0.393 e. The molecule has 1 radical (unpaired) electrons. The maximum Gasteiger partial charge on any atom is 0.0800 e. The van der Waals surface area contributed by atoms with Crippen LogP contribution in [0.15, 0.2) is 0 Å². The normalized spacial score (nSPS) is 13.5. The monoisotopic (exact) mass is 145 g/mol. The maximum absolute atomic E-state index is 9.18. The predicted octanol–water partition coefficient (Wildman–Crippen LogP) is 1.85. The Kier molecular flexibility index (Phi) is 6.98. The fraction of sp³-hybridized carbons (Fsp3) is 0.875. The van der Waals surface area contributed by atoms with E-state index in [1.54, 1.807) is 0 Å². The van der Waals surface area contributed by atoms with Crippen LogP contribution >= 0.6 is 0 Å². The number of unbranched alkanes of at least 4 members (excludes halogenated alkanes) is 1. The first-order valence-corrected chi connectivity index (χ1v) is 3.95. The Hall–Kier alpha value is -0.0800. The second-order valence-electron chi connectivity index (χ2n) is 2.56. The molecular weight excluding hydrogens is 128 g/mol. The number of hydrogen-bond acceptors (Lipinski definition) is 2. The first-order chi connectivity index (χ1) is 4.81. The first kappa shape index (κ1) is 9.92. The van der Waals surface area contributed by atoms with E-state index in [1.165, 1.54) is 0 Å². The molecule has 0 aromatic heterocycles. The lowest BCUT2D eigenvalue weighted by atomic mass is 10.1. The van der Waals surface area contributed by atoms with E-state index in [2.05, 4.69) is 6.92 Å². The summed E-state index contributed by atoms with van der Waals surface area (Å²) in [6.07, 6.45) is 4.14. The van der Waals surface area contributed by atoms with Gasteiger partial charge in [-0.1, -0.05) is 19.8 Å². The van der Waals surface area contributed by atoms with E-state index in [9.17, 15) is 5.11 Å². The van der Waals surface area contributed by atoms with Gasteiger partial charge in [-0.3, -0.25) is 0 Å². The van der Waals surface area contributed by atoms with Gasteiger partial charge in [0.2, 0.25) is 0 Å². The molecule has 0 fully saturated rings. The number of aliphatic hydroxyl groups excluding tert-OH is 2. The van der Waals surface area contributed by atoms with Gasteiger partial charge in [-0.25, -0.2) is 0 Å². The highest BCUT2D eigenvalue weighted by atomic mass is 16.3. The van der Waals surface area contributed by atoms with E-state index in [-0.39, 0.29) is 6.10 Å². The molecule has 0 saturated heterocycles. The summed E-state index contributed by atoms with van der Waals surface area (Å²) < 4.78 is 0. The smallest absolute Gasteiger partial charge is 0.0800 e. The van der Waals surface area contributed by atoms with Crippen LogP contribution in [0.1, 0.15) is 39.0 Å². The summed E-state index contributed by atoms with van der Waals surface area (Å²) in [7, 11) is 0. The fourth-order valence-corrected chi connectivity index (χ4v) is 0.851. The van der Waals surface area contributed by atoms with Crippen LogP contribution in [0.2, 0.25) is 0 Å². The highest BCUT2D eigenvalue weighted by molar-refractivity contribution is 4.58. The molecule has 2 heteroatoms. The van der Waals surface area contributed by atoms with Gasteiger partial charge in [0.25, 0.3) is 0 Å². The van der Waals surface area contributed by atoms with Crippen LogP contribution in [-0.4, -0.2) is 16.3 Å². The first-order valence-electron chi connectivity index (χ1n) is 3.95. The van der Waals surface area contributed by atoms with Crippen LogP contribution in [-0.2, 0) is 0 Å². The van der Waals surface area contributed by atoms with Crippen LogP contribution in [0.5, 0.6) is 0 Å². The summed E-state index contributed by atoms with van der Waals surface area (Å²) >= 11 is 0. The zero-order valence-corrected chi connectivity index (χ0v) is 6.58. The van der Waals surface area contributed by atoms with Crippen LogP contribution in [0, 0.1) is 6.61 Å². The molecule has 0 aliphatic rings. The van der Waals surface area contributed by atoms with Gasteiger partial charge in [-0.05, 0) is 19.3 Å². The van der Waals surface area contributed by atoms with Gasteiger partial charge >= 0.3 is 0 Å². The van der Waals surface area contributed by atoms with E-state index in [4.69, 9.17) is 5.11 Å². The van der Waals surface area contributed by atoms with E-state index < -0.39 is 0 Å². The molecule has 0 amide bonds.